The lowest BCUT2D eigenvalue weighted by molar-refractivity contribution is 0.421. The Kier molecular flexibility index (Phi) is 2.02. The summed E-state index contributed by atoms with van der Waals surface area (Å²) < 4.78 is 36.1. The fourth-order valence-electron chi connectivity index (χ4n) is 1.62. The first-order valence-corrected chi connectivity index (χ1v) is 5.55. The SMILES string of the molecule is Cc1cc2nnoc2c(C)c1S(=O)(=O)O. The second-order valence-electron chi connectivity index (χ2n) is 3.24. The van der Waals surface area contributed by atoms with Gasteiger partial charge in [-0.05, 0) is 25.5 Å². The number of aromatic nitrogens is 2. The lowest BCUT2D eigenvalue weighted by atomic mass is 10.1. The van der Waals surface area contributed by atoms with E-state index in [1.165, 1.54) is 13.0 Å². The fraction of sp³-hybridized carbons (Fsp3) is 0.250. The number of hydrogen-bond donors (Lipinski definition) is 1. The molecule has 6 nitrogen and oxygen atoms in total. The van der Waals surface area contributed by atoms with Crippen LogP contribution in [0.5, 0.6) is 0 Å². The number of hydrogen-bond acceptors (Lipinski definition) is 5. The lowest BCUT2D eigenvalue weighted by Crippen LogP contribution is -2.03. The molecule has 0 aliphatic carbocycles. The molecule has 7 heteroatoms. The summed E-state index contributed by atoms with van der Waals surface area (Å²) >= 11 is 0. The van der Waals surface area contributed by atoms with Crippen molar-refractivity contribution in [1.29, 1.82) is 0 Å². The molecule has 2 aromatic rings. The molecule has 0 saturated heterocycles. The highest BCUT2D eigenvalue weighted by Crippen LogP contribution is 2.26. The number of rotatable bonds is 1. The van der Waals surface area contributed by atoms with E-state index in [1.807, 2.05) is 0 Å². The van der Waals surface area contributed by atoms with E-state index in [9.17, 15) is 8.42 Å². The van der Waals surface area contributed by atoms with Crippen molar-refractivity contribution < 1.29 is 17.5 Å². The summed E-state index contributed by atoms with van der Waals surface area (Å²) in [5, 5.41) is 7.00. The van der Waals surface area contributed by atoms with Gasteiger partial charge in [0.25, 0.3) is 10.1 Å². The van der Waals surface area contributed by atoms with Crippen LogP contribution in [0.25, 0.3) is 11.1 Å². The van der Waals surface area contributed by atoms with E-state index in [4.69, 9.17) is 9.08 Å². The lowest BCUT2D eigenvalue weighted by Gasteiger charge is -2.05. The highest BCUT2D eigenvalue weighted by Gasteiger charge is 2.21. The van der Waals surface area contributed by atoms with Crippen LogP contribution in [-0.2, 0) is 10.1 Å². The average Bonchev–Trinajstić information content (AvgIpc) is 2.48. The first-order valence-electron chi connectivity index (χ1n) is 4.11. The molecule has 15 heavy (non-hydrogen) atoms. The molecule has 0 unspecified atom stereocenters. The molecule has 80 valence electrons. The van der Waals surface area contributed by atoms with Crippen molar-refractivity contribution in [2.75, 3.05) is 0 Å². The Hall–Kier alpha value is -1.47. The van der Waals surface area contributed by atoms with E-state index < -0.39 is 10.1 Å². The maximum atomic E-state index is 11.1. The predicted molar refractivity (Wildman–Crippen MR) is 51.1 cm³/mol. The smallest absolute Gasteiger partial charge is 0.295 e. The summed E-state index contributed by atoms with van der Waals surface area (Å²) in [6.45, 7) is 3.11. The zero-order valence-electron chi connectivity index (χ0n) is 8.05. The van der Waals surface area contributed by atoms with Gasteiger partial charge in [0.15, 0.2) is 5.58 Å². The summed E-state index contributed by atoms with van der Waals surface area (Å²) in [7, 11) is -4.25. The van der Waals surface area contributed by atoms with Crippen molar-refractivity contribution >= 4 is 21.2 Å². The van der Waals surface area contributed by atoms with Gasteiger partial charge in [-0.2, -0.15) is 8.42 Å². The molecule has 1 N–H and O–H groups in total. The van der Waals surface area contributed by atoms with Crippen LogP contribution in [0, 0.1) is 13.8 Å². The summed E-state index contributed by atoms with van der Waals surface area (Å²) in [4.78, 5) is -0.145. The maximum Gasteiger partial charge on any atom is 0.295 e. The van der Waals surface area contributed by atoms with Crippen LogP contribution in [0.3, 0.4) is 0 Å². The van der Waals surface area contributed by atoms with Gasteiger partial charge in [-0.1, -0.05) is 0 Å². The van der Waals surface area contributed by atoms with Gasteiger partial charge in [-0.15, -0.1) is 5.10 Å². The van der Waals surface area contributed by atoms with Gasteiger partial charge in [0.1, 0.15) is 10.4 Å². The van der Waals surface area contributed by atoms with E-state index in [1.54, 1.807) is 6.92 Å². The zero-order valence-corrected chi connectivity index (χ0v) is 8.87. The van der Waals surface area contributed by atoms with Gasteiger partial charge < -0.3 is 4.52 Å². The van der Waals surface area contributed by atoms with Crippen LogP contribution in [0.1, 0.15) is 11.1 Å². The number of aryl methyl sites for hydroxylation is 2. The summed E-state index contributed by atoms with van der Waals surface area (Å²) in [6.07, 6.45) is 0. The van der Waals surface area contributed by atoms with Crippen molar-refractivity contribution in [1.82, 2.24) is 10.4 Å². The summed E-state index contributed by atoms with van der Waals surface area (Å²) in [6, 6.07) is 1.50. The monoisotopic (exact) mass is 228 g/mol. The van der Waals surface area contributed by atoms with Crippen molar-refractivity contribution in [3.05, 3.63) is 17.2 Å². The molecule has 0 aliphatic rings. The Morgan fingerprint density at radius 1 is 1.40 bits per heavy atom. The van der Waals surface area contributed by atoms with Gasteiger partial charge >= 0.3 is 0 Å². The first-order chi connectivity index (χ1) is 6.91. The van der Waals surface area contributed by atoms with Gasteiger partial charge in [0, 0.05) is 10.8 Å². The molecule has 1 aromatic carbocycles. The minimum atomic E-state index is -4.25. The molecule has 0 atom stereocenters. The molecule has 0 radical (unpaired) electrons. The number of fused-ring (bicyclic) bond motifs is 1. The predicted octanol–water partition coefficient (Wildman–Crippen LogP) is 1.09. The van der Waals surface area contributed by atoms with Crippen LogP contribution in [0.15, 0.2) is 15.5 Å². The van der Waals surface area contributed by atoms with E-state index in [2.05, 4.69) is 10.4 Å². The molecular weight excluding hydrogens is 220 g/mol. The van der Waals surface area contributed by atoms with Gasteiger partial charge in [0.2, 0.25) is 0 Å². The van der Waals surface area contributed by atoms with Crippen molar-refractivity contribution in [2.24, 2.45) is 0 Å². The molecular formula is C8H8N2O4S. The molecule has 1 heterocycles. The van der Waals surface area contributed by atoms with Crippen molar-refractivity contribution in [2.45, 2.75) is 18.7 Å². The van der Waals surface area contributed by atoms with Crippen LogP contribution < -0.4 is 0 Å². The van der Waals surface area contributed by atoms with Gasteiger partial charge in [-0.3, -0.25) is 4.55 Å². The number of nitrogens with zero attached hydrogens (tertiary/aromatic N) is 2. The molecule has 0 bridgehead atoms. The molecule has 0 fully saturated rings. The fourth-order valence-corrected chi connectivity index (χ4v) is 2.56. The normalized spacial score (nSPS) is 12.2. The highest BCUT2D eigenvalue weighted by molar-refractivity contribution is 7.86. The van der Waals surface area contributed by atoms with E-state index in [0.717, 1.165) is 0 Å². The largest absolute Gasteiger partial charge is 0.337 e. The highest BCUT2D eigenvalue weighted by atomic mass is 32.2. The Morgan fingerprint density at radius 3 is 2.67 bits per heavy atom. The maximum absolute atomic E-state index is 11.1. The molecule has 0 spiro atoms. The molecule has 1 aromatic heterocycles. The first kappa shape index (κ1) is 10.1. The van der Waals surface area contributed by atoms with Crippen LogP contribution in [0.4, 0.5) is 0 Å². The third-order valence-electron chi connectivity index (χ3n) is 2.16. The Bertz CT molecular complexity index is 629. The zero-order chi connectivity index (χ0) is 11.2. The van der Waals surface area contributed by atoms with Gasteiger partial charge in [-0.25, -0.2) is 0 Å². The van der Waals surface area contributed by atoms with Crippen LogP contribution in [-0.4, -0.2) is 23.3 Å². The second-order valence-corrected chi connectivity index (χ2v) is 4.60. The topological polar surface area (TPSA) is 93.3 Å². The molecule has 2 rings (SSSR count). The quantitative estimate of drug-likeness (QED) is 0.734. The third-order valence-corrected chi connectivity index (χ3v) is 3.31. The van der Waals surface area contributed by atoms with Gasteiger partial charge in [0.05, 0.1) is 0 Å². The summed E-state index contributed by atoms with van der Waals surface area (Å²) in [5.74, 6) is 0. The Labute approximate surface area is 85.6 Å². The Morgan fingerprint density at radius 2 is 2.07 bits per heavy atom. The van der Waals surface area contributed by atoms with Crippen molar-refractivity contribution in [3.63, 3.8) is 0 Å². The minimum absolute atomic E-state index is 0.145. The third kappa shape index (κ3) is 1.49. The second kappa shape index (κ2) is 3.01. The standard InChI is InChI=1S/C8H8N2O4S/c1-4-3-6-7(14-10-9-6)5(2)8(4)15(11,12)13/h3H,1-2H3,(H,11,12,13). The van der Waals surface area contributed by atoms with Crippen LogP contribution >= 0.6 is 0 Å². The Balaban J connectivity index is 2.97. The molecule has 0 saturated carbocycles. The summed E-state index contributed by atoms with van der Waals surface area (Å²) in [5.41, 5.74) is 1.47. The van der Waals surface area contributed by atoms with Crippen LogP contribution in [0.2, 0.25) is 0 Å². The molecule has 0 amide bonds. The van der Waals surface area contributed by atoms with E-state index in [-0.39, 0.29) is 10.5 Å². The van der Waals surface area contributed by atoms with E-state index in [0.29, 0.717) is 16.6 Å². The number of benzene rings is 1. The average molecular weight is 228 g/mol. The van der Waals surface area contributed by atoms with Crippen molar-refractivity contribution in [3.8, 4) is 0 Å². The molecule has 0 aliphatic heterocycles. The minimum Gasteiger partial charge on any atom is -0.337 e. The van der Waals surface area contributed by atoms with E-state index >= 15 is 0 Å².